The van der Waals surface area contributed by atoms with Crippen molar-refractivity contribution >= 4 is 17.3 Å². The number of benzene rings is 2. The van der Waals surface area contributed by atoms with Crippen LogP contribution < -0.4 is 15.0 Å². The van der Waals surface area contributed by atoms with E-state index in [9.17, 15) is 9.90 Å². The van der Waals surface area contributed by atoms with E-state index in [1.54, 1.807) is 30.5 Å². The Bertz CT molecular complexity index is 1720. The number of nitrogens with zero attached hydrogens (tertiary/aromatic N) is 5. The Labute approximate surface area is 268 Å². The van der Waals surface area contributed by atoms with E-state index in [-0.39, 0.29) is 29.1 Å². The predicted molar refractivity (Wildman–Crippen MR) is 175 cm³/mol. The van der Waals surface area contributed by atoms with Crippen molar-refractivity contribution in [3.8, 4) is 22.8 Å². The Kier molecular flexibility index (Phi) is 8.55. The van der Waals surface area contributed by atoms with Crippen molar-refractivity contribution in [3.63, 3.8) is 0 Å². The van der Waals surface area contributed by atoms with Gasteiger partial charge in [-0.3, -0.25) is 19.7 Å². The summed E-state index contributed by atoms with van der Waals surface area (Å²) >= 11 is 0. The molecule has 4 heterocycles. The summed E-state index contributed by atoms with van der Waals surface area (Å²) in [4.78, 5) is 29.2. The van der Waals surface area contributed by atoms with Crippen molar-refractivity contribution in [2.24, 2.45) is 0 Å². The SMILES string of the molecule is CN1CCN(C(CCNC(=O)c2ccccc2O)c2cc(N3CCOc4cnc(-c5cc(C6CC6)ccc5F)cc43)ccn2)CC1. The first-order valence-electron chi connectivity index (χ1n) is 16.1. The number of piperazine rings is 1. The molecule has 1 saturated carbocycles. The highest BCUT2D eigenvalue weighted by atomic mass is 19.1. The van der Waals surface area contributed by atoms with Crippen LogP contribution in [0.5, 0.6) is 11.5 Å². The molecule has 10 heteroatoms. The first kappa shape index (κ1) is 30.1. The minimum atomic E-state index is -0.301. The van der Waals surface area contributed by atoms with Crippen LogP contribution in [0.2, 0.25) is 0 Å². The van der Waals surface area contributed by atoms with Gasteiger partial charge >= 0.3 is 0 Å². The number of ether oxygens (including phenoxy) is 1. The van der Waals surface area contributed by atoms with Crippen LogP contribution in [-0.4, -0.2) is 83.7 Å². The monoisotopic (exact) mass is 622 g/mol. The number of para-hydroxylation sites is 1. The molecule has 4 aromatic rings. The minimum absolute atomic E-state index is 0.0221. The Morgan fingerprint density at radius 3 is 2.67 bits per heavy atom. The van der Waals surface area contributed by atoms with Crippen LogP contribution in [0.3, 0.4) is 0 Å². The largest absolute Gasteiger partial charge is 0.507 e. The Hall–Kier alpha value is -4.54. The first-order chi connectivity index (χ1) is 22.4. The number of likely N-dealkylation sites (N-methyl/N-ethyl adjacent to an activating group) is 1. The molecule has 1 aliphatic carbocycles. The summed E-state index contributed by atoms with van der Waals surface area (Å²) in [7, 11) is 2.13. The second kappa shape index (κ2) is 13.1. The number of pyridine rings is 2. The van der Waals surface area contributed by atoms with E-state index in [1.165, 1.54) is 6.07 Å². The van der Waals surface area contributed by atoms with Crippen LogP contribution >= 0.6 is 0 Å². The molecular formula is C36H39FN6O3. The molecule has 2 aromatic carbocycles. The van der Waals surface area contributed by atoms with Crippen molar-refractivity contribution < 1.29 is 19.0 Å². The number of amides is 1. The first-order valence-corrected chi connectivity index (χ1v) is 16.1. The minimum Gasteiger partial charge on any atom is -0.507 e. The van der Waals surface area contributed by atoms with Gasteiger partial charge in [0.2, 0.25) is 0 Å². The number of fused-ring (bicyclic) bond motifs is 1. The summed E-state index contributed by atoms with van der Waals surface area (Å²) in [5.41, 5.74) is 5.25. The fourth-order valence-corrected chi connectivity index (χ4v) is 6.47. The van der Waals surface area contributed by atoms with Crippen LogP contribution in [0.15, 0.2) is 73.1 Å². The van der Waals surface area contributed by atoms with Gasteiger partial charge in [-0.2, -0.15) is 0 Å². The van der Waals surface area contributed by atoms with Crippen molar-refractivity contribution in [1.29, 1.82) is 0 Å². The second-order valence-corrected chi connectivity index (χ2v) is 12.4. The summed E-state index contributed by atoms with van der Waals surface area (Å²) in [5, 5.41) is 13.1. The van der Waals surface area contributed by atoms with Crippen LogP contribution in [0.4, 0.5) is 15.8 Å². The number of aromatic nitrogens is 2. The van der Waals surface area contributed by atoms with E-state index in [0.29, 0.717) is 49.0 Å². The number of aromatic hydroxyl groups is 1. The van der Waals surface area contributed by atoms with Gasteiger partial charge in [0.15, 0.2) is 5.75 Å². The molecule has 238 valence electrons. The third-order valence-corrected chi connectivity index (χ3v) is 9.27. The van der Waals surface area contributed by atoms with Gasteiger partial charge in [0.25, 0.3) is 5.91 Å². The molecule has 2 N–H and O–H groups in total. The van der Waals surface area contributed by atoms with Gasteiger partial charge in [-0.15, -0.1) is 0 Å². The zero-order valence-electron chi connectivity index (χ0n) is 26.0. The lowest BCUT2D eigenvalue weighted by molar-refractivity contribution is 0.0917. The maximum atomic E-state index is 15.1. The quantitative estimate of drug-likeness (QED) is 0.253. The third kappa shape index (κ3) is 6.41. The summed E-state index contributed by atoms with van der Waals surface area (Å²) < 4.78 is 21.0. The number of hydrogen-bond acceptors (Lipinski definition) is 8. The average molecular weight is 623 g/mol. The standard InChI is InChI=1S/C36H39FN6O3/c1-41-14-16-42(17-15-41)32(11-13-39-36(45)27-4-2-3-5-34(27)44)31-21-26(10-12-38-31)43-18-19-46-35-23-40-30(22-33(35)43)28-20-25(24-6-7-24)8-9-29(28)37/h2-5,8-10,12,20-24,32,44H,6-7,11,13-19H2,1H3,(H,39,45). The van der Waals surface area contributed by atoms with E-state index in [2.05, 4.69) is 38.1 Å². The lowest BCUT2D eigenvalue weighted by Crippen LogP contribution is -2.46. The molecular weight excluding hydrogens is 583 g/mol. The van der Waals surface area contributed by atoms with E-state index in [0.717, 1.165) is 61.7 Å². The molecule has 0 bridgehead atoms. The van der Waals surface area contributed by atoms with E-state index in [1.807, 2.05) is 30.5 Å². The number of halogens is 1. The number of carbonyl (C=O) groups excluding carboxylic acids is 1. The number of anilines is 2. The molecule has 3 aliphatic rings. The van der Waals surface area contributed by atoms with Gasteiger partial charge in [-0.05, 0) is 80.3 Å². The average Bonchev–Trinajstić information content (AvgIpc) is 3.93. The van der Waals surface area contributed by atoms with E-state index < -0.39 is 0 Å². The molecule has 0 spiro atoms. The zero-order chi connectivity index (χ0) is 31.6. The molecule has 1 amide bonds. The maximum Gasteiger partial charge on any atom is 0.255 e. The van der Waals surface area contributed by atoms with E-state index >= 15 is 4.39 Å². The van der Waals surface area contributed by atoms with Gasteiger partial charge in [-0.25, -0.2) is 4.39 Å². The van der Waals surface area contributed by atoms with Crippen molar-refractivity contribution in [1.82, 2.24) is 25.1 Å². The lowest BCUT2D eigenvalue weighted by Gasteiger charge is -2.38. The topological polar surface area (TPSA) is 94.1 Å². The van der Waals surface area contributed by atoms with Crippen LogP contribution in [0.25, 0.3) is 11.3 Å². The fourth-order valence-electron chi connectivity index (χ4n) is 6.47. The second-order valence-electron chi connectivity index (χ2n) is 12.4. The fraction of sp³-hybridized carbons (Fsp3) is 0.361. The van der Waals surface area contributed by atoms with E-state index in [4.69, 9.17) is 9.72 Å². The number of phenols is 1. The molecule has 7 rings (SSSR count). The van der Waals surface area contributed by atoms with Crippen LogP contribution in [0.1, 0.15) is 52.8 Å². The van der Waals surface area contributed by atoms with Gasteiger partial charge in [0.1, 0.15) is 18.2 Å². The highest BCUT2D eigenvalue weighted by Gasteiger charge is 2.28. The summed E-state index contributed by atoms with van der Waals surface area (Å²) in [6.07, 6.45) is 6.48. The molecule has 1 unspecified atom stereocenters. The number of rotatable bonds is 9. The molecule has 0 radical (unpaired) electrons. The van der Waals surface area contributed by atoms with Gasteiger partial charge in [0.05, 0.1) is 41.4 Å². The summed E-state index contributed by atoms with van der Waals surface area (Å²) in [6, 6.07) is 18.0. The number of nitrogens with one attached hydrogen (secondary N) is 1. The Morgan fingerprint density at radius 2 is 1.87 bits per heavy atom. The molecule has 9 nitrogen and oxygen atoms in total. The van der Waals surface area contributed by atoms with Crippen molar-refractivity contribution in [2.45, 2.75) is 31.2 Å². The normalized spacial score (nSPS) is 17.7. The molecule has 1 atom stereocenters. The summed E-state index contributed by atoms with van der Waals surface area (Å²) in [5.74, 6) is 0.558. The van der Waals surface area contributed by atoms with Gasteiger partial charge in [-0.1, -0.05) is 18.2 Å². The van der Waals surface area contributed by atoms with Gasteiger partial charge < -0.3 is 25.0 Å². The number of hydrogen-bond donors (Lipinski definition) is 2. The lowest BCUT2D eigenvalue weighted by atomic mass is 10.0. The van der Waals surface area contributed by atoms with Crippen molar-refractivity contribution in [2.75, 3.05) is 57.8 Å². The highest BCUT2D eigenvalue weighted by molar-refractivity contribution is 5.96. The van der Waals surface area contributed by atoms with Crippen molar-refractivity contribution in [3.05, 3.63) is 95.7 Å². The smallest absolute Gasteiger partial charge is 0.255 e. The molecule has 2 fully saturated rings. The summed E-state index contributed by atoms with van der Waals surface area (Å²) in [6.45, 7) is 5.23. The Balaban J connectivity index is 1.15. The maximum absolute atomic E-state index is 15.1. The van der Waals surface area contributed by atoms with Gasteiger partial charge in [0, 0.05) is 50.2 Å². The molecule has 46 heavy (non-hydrogen) atoms. The third-order valence-electron chi connectivity index (χ3n) is 9.27. The molecule has 1 saturated heterocycles. The molecule has 2 aromatic heterocycles. The van der Waals surface area contributed by atoms with Crippen LogP contribution in [0, 0.1) is 5.82 Å². The van der Waals surface area contributed by atoms with Crippen LogP contribution in [-0.2, 0) is 0 Å². The Morgan fingerprint density at radius 1 is 1.04 bits per heavy atom. The highest BCUT2D eigenvalue weighted by Crippen LogP contribution is 2.43. The zero-order valence-corrected chi connectivity index (χ0v) is 26.0. The number of phenolic OH excluding ortho intramolecular Hbond substituents is 1. The molecule has 2 aliphatic heterocycles. The predicted octanol–water partition coefficient (Wildman–Crippen LogP) is 5.50. The number of carbonyl (C=O) groups is 1.